The van der Waals surface area contributed by atoms with Crippen LogP contribution in [0.25, 0.3) is 0 Å². The molecule has 2 aliphatic rings. The van der Waals surface area contributed by atoms with E-state index in [1.807, 2.05) is 13.1 Å². The molecule has 2 aromatic rings. The molecule has 0 saturated carbocycles. The molecule has 0 aliphatic carbocycles. The number of nitrogens with zero attached hydrogens (tertiary/aromatic N) is 2. The number of hydrogen-bond acceptors (Lipinski definition) is 4. The third-order valence-electron chi connectivity index (χ3n) is 5.34. The molecule has 2 heterocycles. The predicted molar refractivity (Wildman–Crippen MR) is 105 cm³/mol. The number of morpholine rings is 1. The Morgan fingerprint density at radius 1 is 1.19 bits per heavy atom. The normalized spacial score (nSPS) is 20.4. The van der Waals surface area contributed by atoms with E-state index in [0.29, 0.717) is 19.0 Å². The lowest BCUT2D eigenvalue weighted by atomic mass is 10.0. The molecule has 4 nitrogen and oxygen atoms in total. The van der Waals surface area contributed by atoms with E-state index in [1.54, 1.807) is 6.07 Å². The van der Waals surface area contributed by atoms with E-state index >= 15 is 0 Å². The zero-order valence-corrected chi connectivity index (χ0v) is 15.9. The lowest BCUT2D eigenvalue weighted by Gasteiger charge is -2.34. The molecule has 0 aromatic heterocycles. The summed E-state index contributed by atoms with van der Waals surface area (Å²) >= 11 is 0. The number of benzene rings is 2. The molecule has 0 radical (unpaired) electrons. The van der Waals surface area contributed by atoms with Gasteiger partial charge in [-0.05, 0) is 30.0 Å². The smallest absolute Gasteiger partial charge is 0.145 e. The summed E-state index contributed by atoms with van der Waals surface area (Å²) in [5.41, 5.74) is 3.37. The minimum absolute atomic E-state index is 0.00437. The molecule has 1 unspecified atom stereocenters. The van der Waals surface area contributed by atoms with Gasteiger partial charge in [-0.3, -0.25) is 4.90 Å². The van der Waals surface area contributed by atoms with Gasteiger partial charge in [-0.2, -0.15) is 0 Å². The van der Waals surface area contributed by atoms with Gasteiger partial charge < -0.3 is 14.4 Å². The molecule has 0 spiro atoms. The molecular formula is C22H27FN2O2. The maximum Gasteiger partial charge on any atom is 0.145 e. The Morgan fingerprint density at radius 3 is 2.89 bits per heavy atom. The van der Waals surface area contributed by atoms with Crippen LogP contribution in [-0.4, -0.2) is 50.9 Å². The molecule has 2 aliphatic heterocycles. The lowest BCUT2D eigenvalue weighted by molar-refractivity contribution is -0.0504. The first-order valence-electron chi connectivity index (χ1n) is 9.73. The van der Waals surface area contributed by atoms with Crippen LogP contribution in [0.2, 0.25) is 0 Å². The van der Waals surface area contributed by atoms with Gasteiger partial charge >= 0.3 is 0 Å². The Labute approximate surface area is 160 Å². The van der Waals surface area contributed by atoms with Gasteiger partial charge in [0.05, 0.1) is 12.3 Å². The van der Waals surface area contributed by atoms with Gasteiger partial charge in [0.1, 0.15) is 24.3 Å². The van der Waals surface area contributed by atoms with Crippen molar-refractivity contribution in [2.24, 2.45) is 0 Å². The average molecular weight is 370 g/mol. The van der Waals surface area contributed by atoms with E-state index in [4.69, 9.17) is 9.47 Å². The third kappa shape index (κ3) is 4.42. The van der Waals surface area contributed by atoms with Crippen LogP contribution in [0.1, 0.15) is 17.5 Å². The second-order valence-electron chi connectivity index (χ2n) is 7.46. The van der Waals surface area contributed by atoms with Gasteiger partial charge in [0.2, 0.25) is 0 Å². The fraction of sp³-hybridized carbons (Fsp3) is 0.455. The molecule has 27 heavy (non-hydrogen) atoms. The summed E-state index contributed by atoms with van der Waals surface area (Å²) in [6.45, 7) is 4.77. The number of ether oxygens (including phenoxy) is 2. The van der Waals surface area contributed by atoms with Crippen LogP contribution in [0.15, 0.2) is 42.5 Å². The maximum atomic E-state index is 14.0. The van der Waals surface area contributed by atoms with Crippen LogP contribution in [-0.2, 0) is 17.7 Å². The zero-order chi connectivity index (χ0) is 18.6. The highest BCUT2D eigenvalue weighted by Crippen LogP contribution is 2.36. The number of rotatable bonds is 5. The van der Waals surface area contributed by atoms with Gasteiger partial charge in [0, 0.05) is 39.3 Å². The Balaban J connectivity index is 1.39. The quantitative estimate of drug-likeness (QED) is 0.804. The Bertz CT molecular complexity index is 768. The monoisotopic (exact) mass is 370 g/mol. The summed E-state index contributed by atoms with van der Waals surface area (Å²) in [5, 5.41) is 0. The number of halogens is 1. The van der Waals surface area contributed by atoms with Crippen LogP contribution >= 0.6 is 0 Å². The van der Waals surface area contributed by atoms with Crippen molar-refractivity contribution < 1.29 is 13.9 Å². The number of anilines is 1. The third-order valence-corrected chi connectivity index (χ3v) is 5.34. The summed E-state index contributed by atoms with van der Waals surface area (Å²) in [7, 11) is 2.04. The van der Waals surface area contributed by atoms with Crippen molar-refractivity contribution in [1.82, 2.24) is 4.90 Å². The van der Waals surface area contributed by atoms with Gasteiger partial charge in [-0.25, -0.2) is 4.39 Å². The summed E-state index contributed by atoms with van der Waals surface area (Å²) in [4.78, 5) is 4.55. The molecule has 0 bridgehead atoms. The lowest BCUT2D eigenvalue weighted by Crippen LogP contribution is -2.44. The standard InChI is InChI=1S/C22H27FN2O2/c1-24-9-5-8-18-12-19(23)13-21(22(18)24)27-16-20-15-25(10-11-26-20)14-17-6-3-2-4-7-17/h2-4,6-7,12-13,20H,5,8-11,14-16H2,1H3. The van der Waals surface area contributed by atoms with E-state index in [-0.39, 0.29) is 11.9 Å². The minimum atomic E-state index is -0.227. The van der Waals surface area contributed by atoms with Crippen LogP contribution in [0.3, 0.4) is 0 Å². The van der Waals surface area contributed by atoms with Crippen LogP contribution < -0.4 is 9.64 Å². The summed E-state index contributed by atoms with van der Waals surface area (Å²) in [6, 6.07) is 13.6. The summed E-state index contributed by atoms with van der Waals surface area (Å²) < 4.78 is 26.0. The average Bonchev–Trinajstić information content (AvgIpc) is 2.67. The fourth-order valence-corrected chi connectivity index (χ4v) is 4.03. The van der Waals surface area contributed by atoms with Crippen molar-refractivity contribution in [3.8, 4) is 5.75 Å². The molecule has 1 fully saturated rings. The fourth-order valence-electron chi connectivity index (χ4n) is 4.03. The first-order valence-corrected chi connectivity index (χ1v) is 9.73. The van der Waals surface area contributed by atoms with Gasteiger partial charge in [-0.15, -0.1) is 0 Å². The van der Waals surface area contributed by atoms with Crippen molar-refractivity contribution in [3.05, 3.63) is 59.4 Å². The molecule has 1 atom stereocenters. The highest BCUT2D eigenvalue weighted by Gasteiger charge is 2.24. The van der Waals surface area contributed by atoms with Crippen molar-refractivity contribution in [1.29, 1.82) is 0 Å². The largest absolute Gasteiger partial charge is 0.489 e. The number of aryl methyl sites for hydroxylation is 1. The predicted octanol–water partition coefficient (Wildman–Crippen LogP) is 3.49. The maximum absolute atomic E-state index is 14.0. The Hall–Kier alpha value is -2.11. The molecule has 4 rings (SSSR count). The number of fused-ring (bicyclic) bond motifs is 1. The summed E-state index contributed by atoms with van der Waals surface area (Å²) in [5.74, 6) is 0.408. The topological polar surface area (TPSA) is 24.9 Å². The number of hydrogen-bond donors (Lipinski definition) is 0. The van der Waals surface area contributed by atoms with E-state index in [0.717, 1.165) is 50.3 Å². The van der Waals surface area contributed by atoms with Gasteiger partial charge in [0.25, 0.3) is 0 Å². The highest BCUT2D eigenvalue weighted by atomic mass is 19.1. The van der Waals surface area contributed by atoms with E-state index < -0.39 is 0 Å². The second-order valence-corrected chi connectivity index (χ2v) is 7.46. The van der Waals surface area contributed by atoms with Crippen molar-refractivity contribution in [2.75, 3.05) is 44.8 Å². The van der Waals surface area contributed by atoms with Crippen LogP contribution in [0.5, 0.6) is 5.75 Å². The molecule has 0 N–H and O–H groups in total. The molecule has 2 aromatic carbocycles. The second kappa shape index (κ2) is 8.28. The van der Waals surface area contributed by atoms with Gasteiger partial charge in [0.15, 0.2) is 0 Å². The van der Waals surface area contributed by atoms with Gasteiger partial charge in [-0.1, -0.05) is 30.3 Å². The van der Waals surface area contributed by atoms with E-state index in [2.05, 4.69) is 34.1 Å². The zero-order valence-electron chi connectivity index (χ0n) is 15.9. The van der Waals surface area contributed by atoms with Crippen molar-refractivity contribution in [3.63, 3.8) is 0 Å². The van der Waals surface area contributed by atoms with Crippen molar-refractivity contribution >= 4 is 5.69 Å². The molecule has 5 heteroatoms. The van der Waals surface area contributed by atoms with Crippen LogP contribution in [0.4, 0.5) is 10.1 Å². The molecule has 144 valence electrons. The minimum Gasteiger partial charge on any atom is -0.489 e. The van der Waals surface area contributed by atoms with Crippen LogP contribution in [0, 0.1) is 5.82 Å². The first-order chi connectivity index (χ1) is 13.2. The summed E-state index contributed by atoms with van der Waals surface area (Å²) in [6.07, 6.45) is 1.95. The van der Waals surface area contributed by atoms with Crippen molar-refractivity contribution in [2.45, 2.75) is 25.5 Å². The Morgan fingerprint density at radius 2 is 2.04 bits per heavy atom. The SMILES string of the molecule is CN1CCCc2cc(F)cc(OCC3CN(Cc4ccccc4)CCO3)c21. The first kappa shape index (κ1) is 18.3. The van der Waals surface area contributed by atoms with E-state index in [1.165, 1.54) is 11.6 Å². The molecular weight excluding hydrogens is 343 g/mol. The molecule has 0 amide bonds. The van der Waals surface area contributed by atoms with E-state index in [9.17, 15) is 4.39 Å². The highest BCUT2D eigenvalue weighted by molar-refractivity contribution is 5.65. The molecule has 1 saturated heterocycles. The Kier molecular flexibility index (Phi) is 5.60.